The largest absolute Gasteiger partial charge is 0.477 e. The van der Waals surface area contributed by atoms with Gasteiger partial charge in [-0.05, 0) is 0 Å². The molecule has 13 heavy (non-hydrogen) atoms. The summed E-state index contributed by atoms with van der Waals surface area (Å²) in [6.45, 7) is 0. The van der Waals surface area contributed by atoms with Crippen LogP contribution in [0.25, 0.3) is 5.65 Å². The maximum Gasteiger partial charge on any atom is 0.343 e. The van der Waals surface area contributed by atoms with E-state index in [1.165, 1.54) is 6.33 Å². The second-order valence-corrected chi connectivity index (χ2v) is 2.31. The maximum absolute atomic E-state index is 11.1. The number of nitrogens with zero attached hydrogens (tertiary/aromatic N) is 3. The minimum atomic E-state index is -1.31. The Morgan fingerprint density at radius 1 is 1.62 bits per heavy atom. The number of H-pyrrole nitrogens is 1. The van der Waals surface area contributed by atoms with Crippen LogP contribution < -0.4 is 5.43 Å². The first-order valence-electron chi connectivity index (χ1n) is 3.35. The molecule has 0 fully saturated rings. The van der Waals surface area contributed by atoms with Gasteiger partial charge >= 0.3 is 5.97 Å². The van der Waals surface area contributed by atoms with Crippen molar-refractivity contribution in [1.82, 2.24) is 19.8 Å². The first-order valence-corrected chi connectivity index (χ1v) is 3.35. The molecule has 0 saturated carbocycles. The fraction of sp³-hybridized carbons (Fsp3) is 0. The van der Waals surface area contributed by atoms with Gasteiger partial charge < -0.3 is 5.11 Å². The molecule has 2 aromatic heterocycles. The summed E-state index contributed by atoms with van der Waals surface area (Å²) in [5.74, 6) is -1.31. The van der Waals surface area contributed by atoms with Gasteiger partial charge in [-0.25, -0.2) is 9.78 Å². The van der Waals surface area contributed by atoms with E-state index in [0.717, 1.165) is 10.8 Å². The van der Waals surface area contributed by atoms with Gasteiger partial charge in [0.1, 0.15) is 6.33 Å². The van der Waals surface area contributed by atoms with Gasteiger partial charge in [0, 0.05) is 0 Å². The summed E-state index contributed by atoms with van der Waals surface area (Å²) < 4.78 is 1.12. The van der Waals surface area contributed by atoms with Crippen molar-refractivity contribution >= 4 is 11.6 Å². The number of rotatable bonds is 1. The lowest BCUT2D eigenvalue weighted by atomic mass is 10.3. The predicted octanol–water partition coefficient (Wildman–Crippen LogP) is -0.884. The van der Waals surface area contributed by atoms with E-state index in [0.29, 0.717) is 0 Å². The zero-order valence-electron chi connectivity index (χ0n) is 6.26. The van der Waals surface area contributed by atoms with Crippen LogP contribution in [0.3, 0.4) is 0 Å². The van der Waals surface area contributed by atoms with Crippen LogP contribution in [-0.4, -0.2) is 30.9 Å². The Bertz CT molecular complexity index is 526. The van der Waals surface area contributed by atoms with Gasteiger partial charge in [0.15, 0.2) is 11.2 Å². The fourth-order valence-electron chi connectivity index (χ4n) is 1.00. The standard InChI is InChI=1S/C6H4N4O3/c11-3-1-8-10-5(7-2-9-10)4(3)6(12)13/h1-2H,(H,7,9)(H,12,13). The summed E-state index contributed by atoms with van der Waals surface area (Å²) >= 11 is 0. The molecule has 0 aliphatic carbocycles. The van der Waals surface area contributed by atoms with Crippen LogP contribution in [0.5, 0.6) is 0 Å². The number of carbonyl (C=O) groups is 1. The van der Waals surface area contributed by atoms with Gasteiger partial charge in [0.05, 0.1) is 6.20 Å². The minimum Gasteiger partial charge on any atom is -0.477 e. The SMILES string of the molecule is O=C(O)c1c(=O)cnn2[nH]cnc12. The maximum atomic E-state index is 11.1. The third kappa shape index (κ3) is 0.975. The Labute approximate surface area is 70.6 Å². The molecule has 0 bridgehead atoms. The van der Waals surface area contributed by atoms with E-state index in [1.54, 1.807) is 0 Å². The molecule has 7 heteroatoms. The van der Waals surface area contributed by atoms with Gasteiger partial charge in [-0.3, -0.25) is 9.89 Å². The number of aromatic carboxylic acids is 1. The van der Waals surface area contributed by atoms with Crippen molar-refractivity contribution in [1.29, 1.82) is 0 Å². The lowest BCUT2D eigenvalue weighted by Gasteiger charge is -1.93. The fourth-order valence-corrected chi connectivity index (χ4v) is 1.00. The van der Waals surface area contributed by atoms with E-state index in [-0.39, 0.29) is 11.2 Å². The van der Waals surface area contributed by atoms with E-state index in [9.17, 15) is 9.59 Å². The summed E-state index contributed by atoms with van der Waals surface area (Å²) in [6, 6.07) is 0. The van der Waals surface area contributed by atoms with Crippen LogP contribution in [0, 0.1) is 0 Å². The van der Waals surface area contributed by atoms with Crippen LogP contribution >= 0.6 is 0 Å². The lowest BCUT2D eigenvalue weighted by molar-refractivity contribution is 0.0696. The van der Waals surface area contributed by atoms with Crippen molar-refractivity contribution in [2.24, 2.45) is 0 Å². The molecule has 0 aromatic carbocycles. The van der Waals surface area contributed by atoms with Crippen LogP contribution in [-0.2, 0) is 0 Å². The summed E-state index contributed by atoms with van der Waals surface area (Å²) in [6.07, 6.45) is 2.18. The third-order valence-electron chi connectivity index (χ3n) is 1.54. The third-order valence-corrected chi connectivity index (χ3v) is 1.54. The number of carboxylic acid groups (broad SMARTS) is 1. The minimum absolute atomic E-state index is 0.0139. The van der Waals surface area contributed by atoms with Crippen molar-refractivity contribution in [3.8, 4) is 0 Å². The molecule has 2 N–H and O–H groups in total. The van der Waals surface area contributed by atoms with Crippen molar-refractivity contribution in [3.63, 3.8) is 0 Å². The average Bonchev–Trinajstić information content (AvgIpc) is 2.50. The topological polar surface area (TPSA) is 100 Å². The second kappa shape index (κ2) is 2.41. The number of hydrogen-bond acceptors (Lipinski definition) is 4. The number of aromatic amines is 1. The Balaban J connectivity index is 2.97. The number of nitrogens with one attached hydrogen (secondary N) is 1. The van der Waals surface area contributed by atoms with Gasteiger partial charge in [-0.15, -0.1) is 0 Å². The molecule has 0 aliphatic rings. The predicted molar refractivity (Wildman–Crippen MR) is 40.6 cm³/mol. The van der Waals surface area contributed by atoms with E-state index >= 15 is 0 Å². The Morgan fingerprint density at radius 2 is 2.38 bits per heavy atom. The van der Waals surface area contributed by atoms with E-state index in [1.807, 2.05) is 0 Å². The molecule has 0 radical (unpaired) electrons. The second-order valence-electron chi connectivity index (χ2n) is 2.31. The molecule has 2 aromatic rings. The molecule has 0 atom stereocenters. The normalized spacial score (nSPS) is 10.5. The number of carboxylic acids is 1. The zero-order valence-corrected chi connectivity index (χ0v) is 6.26. The van der Waals surface area contributed by atoms with Gasteiger partial charge in [0.25, 0.3) is 0 Å². The highest BCUT2D eigenvalue weighted by Crippen LogP contribution is 1.98. The van der Waals surface area contributed by atoms with Crippen molar-refractivity contribution in [2.75, 3.05) is 0 Å². The molecule has 0 amide bonds. The summed E-state index contributed by atoms with van der Waals surface area (Å²) in [7, 11) is 0. The molecule has 0 aliphatic heterocycles. The molecule has 0 unspecified atom stereocenters. The zero-order chi connectivity index (χ0) is 9.42. The number of hydrogen-bond donors (Lipinski definition) is 2. The Hall–Kier alpha value is -2.18. The first kappa shape index (κ1) is 7.47. The van der Waals surface area contributed by atoms with E-state index in [4.69, 9.17) is 5.11 Å². The molecular weight excluding hydrogens is 176 g/mol. The van der Waals surface area contributed by atoms with Gasteiger partial charge in [-0.2, -0.15) is 9.73 Å². The van der Waals surface area contributed by atoms with Gasteiger partial charge in [0.2, 0.25) is 5.43 Å². The van der Waals surface area contributed by atoms with Crippen molar-refractivity contribution < 1.29 is 9.90 Å². The lowest BCUT2D eigenvalue weighted by Crippen LogP contribution is -2.17. The van der Waals surface area contributed by atoms with E-state index < -0.39 is 11.4 Å². The van der Waals surface area contributed by atoms with Crippen LogP contribution in [0.15, 0.2) is 17.3 Å². The Morgan fingerprint density at radius 3 is 3.08 bits per heavy atom. The van der Waals surface area contributed by atoms with Crippen molar-refractivity contribution in [2.45, 2.75) is 0 Å². The smallest absolute Gasteiger partial charge is 0.343 e. The molecular formula is C6H4N4O3. The summed E-state index contributed by atoms with van der Waals surface area (Å²) in [5, 5.41) is 14.8. The molecule has 66 valence electrons. The molecule has 0 saturated heterocycles. The van der Waals surface area contributed by atoms with Crippen molar-refractivity contribution in [3.05, 3.63) is 28.3 Å². The first-order chi connectivity index (χ1) is 6.20. The summed E-state index contributed by atoms with van der Waals surface area (Å²) in [5.41, 5.74) is -1.02. The number of fused-ring (bicyclic) bond motifs is 1. The van der Waals surface area contributed by atoms with Crippen LogP contribution in [0.2, 0.25) is 0 Å². The average molecular weight is 180 g/mol. The molecule has 0 spiro atoms. The monoisotopic (exact) mass is 180 g/mol. The van der Waals surface area contributed by atoms with E-state index in [2.05, 4.69) is 15.2 Å². The molecule has 7 nitrogen and oxygen atoms in total. The highest BCUT2D eigenvalue weighted by Gasteiger charge is 2.15. The van der Waals surface area contributed by atoms with Gasteiger partial charge in [-0.1, -0.05) is 0 Å². The number of aromatic nitrogens is 4. The molecule has 2 heterocycles. The molecule has 2 rings (SSSR count). The summed E-state index contributed by atoms with van der Waals surface area (Å²) in [4.78, 5) is 25.4. The van der Waals surface area contributed by atoms with Crippen LogP contribution in [0.4, 0.5) is 0 Å². The quantitative estimate of drug-likeness (QED) is 0.593. The Kier molecular flexibility index (Phi) is 1.38. The highest BCUT2D eigenvalue weighted by molar-refractivity contribution is 5.93. The van der Waals surface area contributed by atoms with Crippen LogP contribution in [0.1, 0.15) is 10.4 Å². The highest BCUT2D eigenvalue weighted by atomic mass is 16.4.